The number of ether oxygens (including phenoxy) is 1. The van der Waals surface area contributed by atoms with Crippen molar-refractivity contribution < 1.29 is 18.7 Å². The van der Waals surface area contributed by atoms with E-state index in [0.717, 1.165) is 19.0 Å². The van der Waals surface area contributed by atoms with Gasteiger partial charge in [0.05, 0.1) is 13.2 Å². The molecule has 0 saturated carbocycles. The Labute approximate surface area is 169 Å². The van der Waals surface area contributed by atoms with Gasteiger partial charge < -0.3 is 19.9 Å². The zero-order valence-corrected chi connectivity index (χ0v) is 16.5. The lowest BCUT2D eigenvalue weighted by atomic mass is 9.97. The van der Waals surface area contributed by atoms with Crippen molar-refractivity contribution in [1.29, 1.82) is 0 Å². The largest absolute Gasteiger partial charge is 0.370 e. The third kappa shape index (κ3) is 4.34. The summed E-state index contributed by atoms with van der Waals surface area (Å²) in [5.74, 6) is -0.485. The average Bonchev–Trinajstić information content (AvgIpc) is 3.33. The van der Waals surface area contributed by atoms with E-state index >= 15 is 0 Å². The van der Waals surface area contributed by atoms with Crippen LogP contribution in [-0.2, 0) is 16.0 Å². The Morgan fingerprint density at radius 1 is 1.38 bits per heavy atom. The van der Waals surface area contributed by atoms with Gasteiger partial charge in [0, 0.05) is 31.8 Å². The number of H-pyrrole nitrogens is 1. The number of halogens is 1. The molecule has 2 aromatic rings. The van der Waals surface area contributed by atoms with Gasteiger partial charge in [0.1, 0.15) is 17.1 Å². The average molecular weight is 399 g/mol. The van der Waals surface area contributed by atoms with Crippen LogP contribution in [0, 0.1) is 5.82 Å². The number of carbonyl (C=O) groups excluding carboxylic acids is 2. The van der Waals surface area contributed by atoms with Crippen molar-refractivity contribution in [3.8, 4) is 0 Å². The summed E-state index contributed by atoms with van der Waals surface area (Å²) < 4.78 is 19.1. The maximum Gasteiger partial charge on any atom is 0.270 e. The van der Waals surface area contributed by atoms with Gasteiger partial charge in [-0.3, -0.25) is 9.59 Å². The fourth-order valence-corrected chi connectivity index (χ4v) is 4.31. The van der Waals surface area contributed by atoms with Gasteiger partial charge in [0.2, 0.25) is 5.91 Å². The van der Waals surface area contributed by atoms with E-state index in [2.05, 4.69) is 22.4 Å². The zero-order chi connectivity index (χ0) is 20.4. The maximum atomic E-state index is 13.2. The second-order valence-electron chi connectivity index (χ2n) is 8.17. The summed E-state index contributed by atoms with van der Waals surface area (Å²) in [5.41, 5.74) is 2.15. The summed E-state index contributed by atoms with van der Waals surface area (Å²) in [6, 6.07) is 9.49. The molecule has 2 atom stereocenters. The van der Waals surface area contributed by atoms with Gasteiger partial charge in [0.25, 0.3) is 5.91 Å². The number of rotatable bonds is 5. The highest BCUT2D eigenvalue weighted by Crippen LogP contribution is 2.35. The SMILES string of the molecule is CC1(CNC(=O)CC2CCc3ccccc32)CN(C(=O)c2cc(F)c[nH]2)CCO1. The first-order chi connectivity index (χ1) is 13.9. The van der Waals surface area contributed by atoms with Crippen LogP contribution < -0.4 is 5.32 Å². The van der Waals surface area contributed by atoms with E-state index < -0.39 is 11.4 Å². The number of carbonyl (C=O) groups is 2. The number of nitrogens with zero attached hydrogens (tertiary/aromatic N) is 1. The lowest BCUT2D eigenvalue weighted by Gasteiger charge is -2.40. The minimum atomic E-state index is -0.678. The molecule has 4 rings (SSSR count). The molecule has 1 aromatic heterocycles. The van der Waals surface area contributed by atoms with Gasteiger partial charge in [-0.25, -0.2) is 4.39 Å². The number of nitrogens with one attached hydrogen (secondary N) is 2. The molecule has 2 amide bonds. The molecule has 2 aliphatic rings. The van der Waals surface area contributed by atoms with E-state index in [9.17, 15) is 14.0 Å². The van der Waals surface area contributed by atoms with Crippen LogP contribution in [0.1, 0.15) is 47.3 Å². The molecule has 1 aliphatic heterocycles. The third-order valence-corrected chi connectivity index (χ3v) is 5.85. The number of aromatic nitrogens is 1. The second kappa shape index (κ2) is 7.99. The molecular formula is C22H26FN3O3. The fraction of sp³-hybridized carbons (Fsp3) is 0.455. The van der Waals surface area contributed by atoms with Crippen molar-refractivity contribution in [1.82, 2.24) is 15.2 Å². The van der Waals surface area contributed by atoms with Crippen molar-refractivity contribution in [2.75, 3.05) is 26.2 Å². The molecule has 0 spiro atoms. The van der Waals surface area contributed by atoms with E-state index in [1.54, 1.807) is 4.90 Å². The number of amides is 2. The molecule has 0 bridgehead atoms. The molecule has 6 nitrogen and oxygen atoms in total. The van der Waals surface area contributed by atoms with Crippen molar-refractivity contribution in [3.63, 3.8) is 0 Å². The summed E-state index contributed by atoms with van der Waals surface area (Å²) >= 11 is 0. The fourth-order valence-electron chi connectivity index (χ4n) is 4.31. The first-order valence-corrected chi connectivity index (χ1v) is 10.1. The minimum absolute atomic E-state index is 0.00795. The normalized spacial score (nSPS) is 23.7. The van der Waals surface area contributed by atoms with E-state index in [4.69, 9.17) is 4.74 Å². The zero-order valence-electron chi connectivity index (χ0n) is 16.5. The van der Waals surface area contributed by atoms with E-state index in [-0.39, 0.29) is 23.4 Å². The summed E-state index contributed by atoms with van der Waals surface area (Å²) in [5, 5.41) is 2.98. The quantitative estimate of drug-likeness (QED) is 0.812. The molecule has 29 heavy (non-hydrogen) atoms. The van der Waals surface area contributed by atoms with Crippen molar-refractivity contribution in [3.05, 3.63) is 59.2 Å². The standard InChI is InChI=1S/C22H26FN3O3/c1-22(14-26(8-9-29-22)21(28)19-11-17(23)12-24-19)13-25-20(27)10-16-7-6-15-4-2-3-5-18(15)16/h2-5,11-12,16,24H,6-10,13-14H2,1H3,(H,25,27). The molecule has 7 heteroatoms. The number of hydrogen-bond acceptors (Lipinski definition) is 3. The Morgan fingerprint density at radius 2 is 2.21 bits per heavy atom. The first kappa shape index (κ1) is 19.6. The van der Waals surface area contributed by atoms with E-state index in [1.165, 1.54) is 17.2 Å². The highest BCUT2D eigenvalue weighted by atomic mass is 19.1. The highest BCUT2D eigenvalue weighted by molar-refractivity contribution is 5.92. The van der Waals surface area contributed by atoms with Gasteiger partial charge >= 0.3 is 0 Å². The molecule has 0 radical (unpaired) electrons. The molecule has 1 aliphatic carbocycles. The first-order valence-electron chi connectivity index (χ1n) is 10.1. The van der Waals surface area contributed by atoms with Crippen molar-refractivity contribution >= 4 is 11.8 Å². The van der Waals surface area contributed by atoms with Crippen LogP contribution in [0.15, 0.2) is 36.5 Å². The number of aryl methyl sites for hydroxylation is 1. The lowest BCUT2D eigenvalue weighted by molar-refractivity contribution is -0.125. The number of morpholine rings is 1. The second-order valence-corrected chi connectivity index (χ2v) is 8.17. The van der Waals surface area contributed by atoms with Gasteiger partial charge in [0.15, 0.2) is 0 Å². The van der Waals surface area contributed by atoms with Crippen LogP contribution in [0.5, 0.6) is 0 Å². The summed E-state index contributed by atoms with van der Waals surface area (Å²) in [6.07, 6.45) is 3.63. The number of benzene rings is 1. The number of hydrogen-bond donors (Lipinski definition) is 2. The predicted molar refractivity (Wildman–Crippen MR) is 106 cm³/mol. The smallest absolute Gasteiger partial charge is 0.270 e. The third-order valence-electron chi connectivity index (χ3n) is 5.85. The van der Waals surface area contributed by atoms with Crippen LogP contribution in [0.4, 0.5) is 4.39 Å². The van der Waals surface area contributed by atoms with Gasteiger partial charge in [-0.05, 0) is 36.8 Å². The Balaban J connectivity index is 1.31. The minimum Gasteiger partial charge on any atom is -0.370 e. The molecule has 1 fully saturated rings. The van der Waals surface area contributed by atoms with Crippen molar-refractivity contribution in [2.24, 2.45) is 0 Å². The summed E-state index contributed by atoms with van der Waals surface area (Å²) in [4.78, 5) is 29.4. The molecular weight excluding hydrogens is 373 g/mol. The maximum absolute atomic E-state index is 13.2. The Kier molecular flexibility index (Phi) is 5.41. The van der Waals surface area contributed by atoms with Gasteiger partial charge in [-0.2, -0.15) is 0 Å². The van der Waals surface area contributed by atoms with Crippen LogP contribution in [-0.4, -0.2) is 53.5 Å². The molecule has 1 aromatic carbocycles. The number of fused-ring (bicyclic) bond motifs is 1. The molecule has 154 valence electrons. The van der Waals surface area contributed by atoms with E-state index in [1.807, 2.05) is 19.1 Å². The van der Waals surface area contributed by atoms with Crippen LogP contribution in [0.3, 0.4) is 0 Å². The van der Waals surface area contributed by atoms with Crippen molar-refractivity contribution in [2.45, 2.75) is 37.7 Å². The lowest BCUT2D eigenvalue weighted by Crippen LogP contribution is -2.57. The monoisotopic (exact) mass is 399 g/mol. The Hall–Kier alpha value is -2.67. The number of aromatic amines is 1. The van der Waals surface area contributed by atoms with Gasteiger partial charge in [-0.15, -0.1) is 0 Å². The molecule has 1 saturated heterocycles. The van der Waals surface area contributed by atoms with Crippen LogP contribution in [0.25, 0.3) is 0 Å². The van der Waals surface area contributed by atoms with E-state index in [0.29, 0.717) is 32.7 Å². The predicted octanol–water partition coefficient (Wildman–Crippen LogP) is 2.62. The summed E-state index contributed by atoms with van der Waals surface area (Å²) in [6.45, 7) is 3.34. The molecule has 2 heterocycles. The highest BCUT2D eigenvalue weighted by Gasteiger charge is 2.35. The molecule has 2 N–H and O–H groups in total. The Morgan fingerprint density at radius 3 is 3.00 bits per heavy atom. The van der Waals surface area contributed by atoms with Crippen LogP contribution in [0.2, 0.25) is 0 Å². The van der Waals surface area contributed by atoms with Gasteiger partial charge in [-0.1, -0.05) is 24.3 Å². The molecule has 2 unspecified atom stereocenters. The Bertz CT molecular complexity index is 912. The topological polar surface area (TPSA) is 74.4 Å². The van der Waals surface area contributed by atoms with Crippen LogP contribution >= 0.6 is 0 Å². The summed E-state index contributed by atoms with van der Waals surface area (Å²) in [7, 11) is 0.